The number of carbonyl (C=O) groups is 1. The summed E-state index contributed by atoms with van der Waals surface area (Å²) in [6.45, 7) is 3.38. The van der Waals surface area contributed by atoms with Gasteiger partial charge < -0.3 is 10.1 Å². The average Bonchev–Trinajstić information content (AvgIpc) is 2.47. The van der Waals surface area contributed by atoms with Crippen molar-refractivity contribution < 1.29 is 9.53 Å². The minimum atomic E-state index is -0.179. The zero-order valence-corrected chi connectivity index (χ0v) is 12.0. The summed E-state index contributed by atoms with van der Waals surface area (Å²) in [5, 5.41) is 3.17. The van der Waals surface area contributed by atoms with E-state index < -0.39 is 0 Å². The van der Waals surface area contributed by atoms with Crippen molar-refractivity contribution in [2.24, 2.45) is 0 Å². The normalized spacial score (nSPS) is 10.7. The Morgan fingerprint density at radius 3 is 3.10 bits per heavy atom. The third-order valence-electron chi connectivity index (χ3n) is 2.97. The third kappa shape index (κ3) is 4.39. The highest BCUT2D eigenvalue weighted by Crippen LogP contribution is 1.99. The van der Waals surface area contributed by atoms with E-state index in [-0.39, 0.29) is 11.5 Å². The third-order valence-corrected chi connectivity index (χ3v) is 2.97. The van der Waals surface area contributed by atoms with Crippen molar-refractivity contribution in [3.8, 4) is 0 Å². The Bertz CT molecular complexity index is 667. The van der Waals surface area contributed by atoms with Gasteiger partial charge in [0.25, 0.3) is 5.56 Å². The molecule has 2 aromatic rings. The Labute approximate surface area is 122 Å². The standard InChI is InChI=1S/C15H19N3O3/c1-2-21-15(20)7-5-8-16-11-12-10-14(19)18-9-4-3-6-13(18)17-12/h3-4,6,9-10,16H,2,5,7-8,11H2,1H3. The molecule has 0 atom stereocenters. The van der Waals surface area contributed by atoms with Crippen molar-refractivity contribution in [1.82, 2.24) is 14.7 Å². The molecule has 0 saturated carbocycles. The maximum absolute atomic E-state index is 11.9. The summed E-state index contributed by atoms with van der Waals surface area (Å²) in [4.78, 5) is 27.5. The van der Waals surface area contributed by atoms with Crippen LogP contribution < -0.4 is 10.9 Å². The van der Waals surface area contributed by atoms with E-state index in [9.17, 15) is 9.59 Å². The predicted molar refractivity (Wildman–Crippen MR) is 79.0 cm³/mol. The highest BCUT2D eigenvalue weighted by molar-refractivity contribution is 5.69. The number of esters is 1. The monoisotopic (exact) mass is 289 g/mol. The van der Waals surface area contributed by atoms with Gasteiger partial charge in [-0.25, -0.2) is 4.98 Å². The van der Waals surface area contributed by atoms with Crippen molar-refractivity contribution in [1.29, 1.82) is 0 Å². The van der Waals surface area contributed by atoms with Gasteiger partial charge >= 0.3 is 5.97 Å². The van der Waals surface area contributed by atoms with Gasteiger partial charge in [-0.05, 0) is 32.0 Å². The quantitative estimate of drug-likeness (QED) is 0.611. The molecule has 0 amide bonds. The SMILES string of the molecule is CCOC(=O)CCCNCc1cc(=O)n2ccccc2n1. The topological polar surface area (TPSA) is 72.7 Å². The van der Waals surface area contributed by atoms with Crippen LogP contribution in [0.4, 0.5) is 0 Å². The van der Waals surface area contributed by atoms with E-state index in [4.69, 9.17) is 4.74 Å². The highest BCUT2D eigenvalue weighted by atomic mass is 16.5. The van der Waals surface area contributed by atoms with Crippen molar-refractivity contribution in [2.45, 2.75) is 26.3 Å². The Kier molecular flexibility index (Phi) is 5.45. The van der Waals surface area contributed by atoms with Crippen molar-refractivity contribution in [3.05, 3.63) is 46.5 Å². The smallest absolute Gasteiger partial charge is 0.305 e. The molecule has 2 heterocycles. The first kappa shape index (κ1) is 15.2. The summed E-state index contributed by atoms with van der Waals surface area (Å²) >= 11 is 0. The maximum Gasteiger partial charge on any atom is 0.305 e. The van der Waals surface area contributed by atoms with E-state index in [2.05, 4.69) is 10.3 Å². The van der Waals surface area contributed by atoms with Gasteiger partial charge in [0, 0.05) is 25.2 Å². The average molecular weight is 289 g/mol. The van der Waals surface area contributed by atoms with Crippen molar-refractivity contribution >= 4 is 11.6 Å². The van der Waals surface area contributed by atoms with Crippen LogP contribution in [0.1, 0.15) is 25.5 Å². The van der Waals surface area contributed by atoms with Gasteiger partial charge in [0.15, 0.2) is 0 Å². The number of fused-ring (bicyclic) bond motifs is 1. The van der Waals surface area contributed by atoms with Crippen LogP contribution in [0.3, 0.4) is 0 Å². The molecule has 0 unspecified atom stereocenters. The number of carbonyl (C=O) groups excluding carboxylic acids is 1. The number of aromatic nitrogens is 2. The second-order valence-electron chi connectivity index (χ2n) is 4.60. The van der Waals surface area contributed by atoms with Crippen LogP contribution in [0.2, 0.25) is 0 Å². The van der Waals surface area contributed by atoms with Crippen LogP contribution in [0.15, 0.2) is 35.3 Å². The molecule has 0 fully saturated rings. The van der Waals surface area contributed by atoms with E-state index in [0.29, 0.717) is 43.9 Å². The largest absolute Gasteiger partial charge is 0.466 e. The van der Waals surface area contributed by atoms with Gasteiger partial charge in [-0.1, -0.05) is 6.07 Å². The minimum Gasteiger partial charge on any atom is -0.466 e. The molecule has 2 aromatic heterocycles. The number of nitrogens with one attached hydrogen (secondary N) is 1. The molecule has 2 rings (SSSR count). The van der Waals surface area contributed by atoms with E-state index in [1.165, 1.54) is 10.5 Å². The van der Waals surface area contributed by atoms with Crippen molar-refractivity contribution in [2.75, 3.05) is 13.2 Å². The van der Waals surface area contributed by atoms with Crippen LogP contribution in [0.5, 0.6) is 0 Å². The van der Waals surface area contributed by atoms with Crippen LogP contribution in [-0.4, -0.2) is 28.5 Å². The molecule has 0 aromatic carbocycles. The first-order chi connectivity index (χ1) is 10.2. The second-order valence-corrected chi connectivity index (χ2v) is 4.60. The fourth-order valence-corrected chi connectivity index (χ4v) is 2.00. The molecule has 0 radical (unpaired) electrons. The molecule has 0 aliphatic rings. The molecule has 112 valence electrons. The number of hydrogen-bond acceptors (Lipinski definition) is 5. The molecule has 6 nitrogen and oxygen atoms in total. The lowest BCUT2D eigenvalue weighted by Crippen LogP contribution is -2.21. The summed E-state index contributed by atoms with van der Waals surface area (Å²) in [7, 11) is 0. The molecule has 0 saturated heterocycles. The van der Waals surface area contributed by atoms with Crippen LogP contribution in [-0.2, 0) is 16.1 Å². The van der Waals surface area contributed by atoms with Gasteiger partial charge in [0.2, 0.25) is 0 Å². The Morgan fingerprint density at radius 2 is 2.29 bits per heavy atom. The first-order valence-corrected chi connectivity index (χ1v) is 7.04. The van der Waals surface area contributed by atoms with Gasteiger partial charge in [0.1, 0.15) is 5.65 Å². The minimum absolute atomic E-state index is 0.0936. The molecular weight excluding hydrogens is 270 g/mol. The van der Waals surface area contributed by atoms with E-state index in [1.54, 1.807) is 25.3 Å². The summed E-state index contributed by atoms with van der Waals surface area (Å²) in [6, 6.07) is 6.96. The lowest BCUT2D eigenvalue weighted by molar-refractivity contribution is -0.143. The zero-order chi connectivity index (χ0) is 15.1. The van der Waals surface area contributed by atoms with E-state index >= 15 is 0 Å². The Balaban J connectivity index is 1.84. The highest BCUT2D eigenvalue weighted by Gasteiger charge is 2.03. The molecule has 1 N–H and O–H groups in total. The van der Waals surface area contributed by atoms with Gasteiger partial charge in [0.05, 0.1) is 12.3 Å². The Hall–Kier alpha value is -2.21. The molecule has 0 aliphatic carbocycles. The summed E-state index contributed by atoms with van der Waals surface area (Å²) < 4.78 is 6.35. The molecule has 0 aliphatic heterocycles. The molecule has 6 heteroatoms. The molecule has 0 spiro atoms. The molecule has 0 bridgehead atoms. The van der Waals surface area contributed by atoms with Gasteiger partial charge in [-0.2, -0.15) is 0 Å². The summed E-state index contributed by atoms with van der Waals surface area (Å²) in [5.74, 6) is -0.179. The first-order valence-electron chi connectivity index (χ1n) is 7.04. The fraction of sp³-hybridized carbons (Fsp3) is 0.400. The lowest BCUT2D eigenvalue weighted by Gasteiger charge is -2.06. The second kappa shape index (κ2) is 7.54. The van der Waals surface area contributed by atoms with E-state index in [1.807, 2.05) is 6.07 Å². The van der Waals surface area contributed by atoms with Crippen LogP contribution >= 0.6 is 0 Å². The fourth-order valence-electron chi connectivity index (χ4n) is 2.00. The molecule has 21 heavy (non-hydrogen) atoms. The zero-order valence-electron chi connectivity index (χ0n) is 12.0. The lowest BCUT2D eigenvalue weighted by atomic mass is 10.3. The Morgan fingerprint density at radius 1 is 1.43 bits per heavy atom. The number of ether oxygens (including phenoxy) is 1. The van der Waals surface area contributed by atoms with Crippen molar-refractivity contribution in [3.63, 3.8) is 0 Å². The number of rotatable bonds is 7. The predicted octanol–water partition coefficient (Wildman–Crippen LogP) is 1.13. The van der Waals surface area contributed by atoms with Gasteiger partial charge in [-0.3, -0.25) is 14.0 Å². The number of hydrogen-bond donors (Lipinski definition) is 1. The number of nitrogens with zero attached hydrogens (tertiary/aromatic N) is 2. The number of pyridine rings is 1. The maximum atomic E-state index is 11.9. The van der Waals surface area contributed by atoms with Gasteiger partial charge in [-0.15, -0.1) is 0 Å². The summed E-state index contributed by atoms with van der Waals surface area (Å²) in [6.07, 6.45) is 2.79. The van der Waals surface area contributed by atoms with Crippen LogP contribution in [0, 0.1) is 0 Å². The molecular formula is C15H19N3O3. The van der Waals surface area contributed by atoms with E-state index in [0.717, 1.165) is 0 Å². The summed E-state index contributed by atoms with van der Waals surface area (Å²) in [5.41, 5.74) is 1.24. The van der Waals surface area contributed by atoms with Crippen LogP contribution in [0.25, 0.3) is 5.65 Å².